The molecule has 0 aromatic carbocycles. The summed E-state index contributed by atoms with van der Waals surface area (Å²) >= 11 is 0. The summed E-state index contributed by atoms with van der Waals surface area (Å²) < 4.78 is 25.2. The summed E-state index contributed by atoms with van der Waals surface area (Å²) in [5.41, 5.74) is 0.604. The van der Waals surface area contributed by atoms with E-state index in [1.54, 1.807) is 12.3 Å². The molecule has 21 heavy (non-hydrogen) atoms. The van der Waals surface area contributed by atoms with E-state index < -0.39 is 0 Å². The number of ether oxygens (including phenoxy) is 2. The Balaban J connectivity index is 1.87. The van der Waals surface area contributed by atoms with Crippen molar-refractivity contribution in [3.05, 3.63) is 23.6 Å². The second-order valence-electron chi connectivity index (χ2n) is 5.98. The molecule has 118 valence electrons. The monoisotopic (exact) mass is 296 g/mol. The van der Waals surface area contributed by atoms with Gasteiger partial charge in [-0.1, -0.05) is 13.8 Å². The first-order chi connectivity index (χ1) is 10.2. The second-order valence-corrected chi connectivity index (χ2v) is 5.98. The van der Waals surface area contributed by atoms with Crippen LogP contribution in [0.15, 0.2) is 12.3 Å². The summed E-state index contributed by atoms with van der Waals surface area (Å²) in [6, 6.07) is 1.70. The maximum Gasteiger partial charge on any atom is 0.250 e. The maximum atomic E-state index is 14.3. The highest BCUT2D eigenvalue weighted by molar-refractivity contribution is 5.23. The molecule has 1 aliphatic rings. The highest BCUT2D eigenvalue weighted by Gasteiger charge is 2.17. The standard InChI is InChI=1S/C16H25FN2O2/c1-12(2)9-18-10-14-3-6-19-16(15(14)17)21-11-13-4-7-20-8-5-13/h3,6,12-13,18H,4-5,7-11H2,1-2H3. The quantitative estimate of drug-likeness (QED) is 0.840. The van der Waals surface area contributed by atoms with Gasteiger partial charge in [-0.3, -0.25) is 0 Å². The first-order valence-corrected chi connectivity index (χ1v) is 7.71. The zero-order chi connectivity index (χ0) is 15.1. The van der Waals surface area contributed by atoms with Crippen molar-refractivity contribution in [3.8, 4) is 5.88 Å². The summed E-state index contributed by atoms with van der Waals surface area (Å²) in [5.74, 6) is 0.743. The number of rotatable bonds is 7. The number of pyridine rings is 1. The molecular formula is C16H25FN2O2. The van der Waals surface area contributed by atoms with Crippen LogP contribution >= 0.6 is 0 Å². The fourth-order valence-corrected chi connectivity index (χ4v) is 2.30. The molecule has 1 aromatic heterocycles. The van der Waals surface area contributed by atoms with Gasteiger partial charge in [-0.25, -0.2) is 9.37 Å². The fourth-order valence-electron chi connectivity index (χ4n) is 2.30. The molecule has 1 saturated heterocycles. The highest BCUT2D eigenvalue weighted by Crippen LogP contribution is 2.20. The average molecular weight is 296 g/mol. The third-order valence-corrected chi connectivity index (χ3v) is 3.60. The Morgan fingerprint density at radius 3 is 2.90 bits per heavy atom. The normalized spacial score (nSPS) is 16.4. The number of halogens is 1. The van der Waals surface area contributed by atoms with Crippen LogP contribution in [0.1, 0.15) is 32.3 Å². The van der Waals surface area contributed by atoms with E-state index in [4.69, 9.17) is 9.47 Å². The molecular weight excluding hydrogens is 271 g/mol. The summed E-state index contributed by atoms with van der Waals surface area (Å²) in [6.45, 7) is 7.65. The van der Waals surface area contributed by atoms with Crippen molar-refractivity contribution in [2.24, 2.45) is 11.8 Å². The van der Waals surface area contributed by atoms with Crippen LogP contribution in [0.25, 0.3) is 0 Å². The van der Waals surface area contributed by atoms with Crippen molar-refractivity contribution >= 4 is 0 Å². The molecule has 4 nitrogen and oxygen atoms in total. The van der Waals surface area contributed by atoms with Gasteiger partial charge >= 0.3 is 0 Å². The van der Waals surface area contributed by atoms with Crippen LogP contribution in [0, 0.1) is 17.7 Å². The van der Waals surface area contributed by atoms with Crippen molar-refractivity contribution in [1.29, 1.82) is 0 Å². The Morgan fingerprint density at radius 2 is 2.19 bits per heavy atom. The van der Waals surface area contributed by atoms with E-state index in [1.807, 2.05) is 0 Å². The number of nitrogens with zero attached hydrogens (tertiary/aromatic N) is 1. The molecule has 1 aromatic rings. The van der Waals surface area contributed by atoms with Gasteiger partial charge in [-0.05, 0) is 37.3 Å². The maximum absolute atomic E-state index is 14.3. The molecule has 0 radical (unpaired) electrons. The summed E-state index contributed by atoms with van der Waals surface area (Å²) in [7, 11) is 0. The van der Waals surface area contributed by atoms with E-state index in [-0.39, 0.29) is 11.7 Å². The van der Waals surface area contributed by atoms with Gasteiger partial charge in [0.25, 0.3) is 5.88 Å². The first kappa shape index (κ1) is 16.2. The Morgan fingerprint density at radius 1 is 1.43 bits per heavy atom. The van der Waals surface area contributed by atoms with Crippen LogP contribution in [0.3, 0.4) is 0 Å². The van der Waals surface area contributed by atoms with Gasteiger partial charge < -0.3 is 14.8 Å². The average Bonchev–Trinajstić information content (AvgIpc) is 2.48. The summed E-state index contributed by atoms with van der Waals surface area (Å²) in [5, 5.41) is 3.23. The van der Waals surface area contributed by atoms with Gasteiger partial charge in [0.15, 0.2) is 5.82 Å². The minimum absolute atomic E-state index is 0.116. The van der Waals surface area contributed by atoms with Crippen LogP contribution in [-0.2, 0) is 11.3 Å². The minimum atomic E-state index is -0.346. The van der Waals surface area contributed by atoms with Crippen LogP contribution in [-0.4, -0.2) is 31.3 Å². The summed E-state index contributed by atoms with van der Waals surface area (Å²) in [4.78, 5) is 4.01. The van der Waals surface area contributed by atoms with Crippen molar-refractivity contribution in [1.82, 2.24) is 10.3 Å². The third-order valence-electron chi connectivity index (χ3n) is 3.60. The minimum Gasteiger partial charge on any atom is -0.475 e. The van der Waals surface area contributed by atoms with Crippen LogP contribution in [0.2, 0.25) is 0 Å². The van der Waals surface area contributed by atoms with Crippen molar-refractivity contribution < 1.29 is 13.9 Å². The largest absolute Gasteiger partial charge is 0.475 e. The zero-order valence-electron chi connectivity index (χ0n) is 12.9. The molecule has 0 atom stereocenters. The molecule has 0 spiro atoms. The molecule has 1 N–H and O–H groups in total. The molecule has 0 bridgehead atoms. The van der Waals surface area contributed by atoms with E-state index in [9.17, 15) is 4.39 Å². The van der Waals surface area contributed by atoms with Gasteiger partial charge in [0.05, 0.1) is 6.61 Å². The number of aromatic nitrogens is 1. The van der Waals surface area contributed by atoms with Gasteiger partial charge in [0.2, 0.25) is 0 Å². The number of hydrogen-bond donors (Lipinski definition) is 1. The lowest BCUT2D eigenvalue weighted by molar-refractivity contribution is 0.0483. The molecule has 0 unspecified atom stereocenters. The molecule has 1 fully saturated rings. The lowest BCUT2D eigenvalue weighted by atomic mass is 10.0. The third kappa shape index (κ3) is 5.25. The van der Waals surface area contributed by atoms with Crippen molar-refractivity contribution in [2.45, 2.75) is 33.2 Å². The fraction of sp³-hybridized carbons (Fsp3) is 0.688. The molecule has 0 saturated carbocycles. The van der Waals surface area contributed by atoms with Gasteiger partial charge in [-0.15, -0.1) is 0 Å². The SMILES string of the molecule is CC(C)CNCc1ccnc(OCC2CCOCC2)c1F. The lowest BCUT2D eigenvalue weighted by Gasteiger charge is -2.22. The van der Waals surface area contributed by atoms with E-state index in [0.717, 1.165) is 32.6 Å². The van der Waals surface area contributed by atoms with Gasteiger partial charge in [0.1, 0.15) is 0 Å². The van der Waals surface area contributed by atoms with E-state index in [0.29, 0.717) is 30.6 Å². The Labute approximate surface area is 126 Å². The van der Waals surface area contributed by atoms with E-state index in [1.165, 1.54) is 0 Å². The first-order valence-electron chi connectivity index (χ1n) is 7.71. The van der Waals surface area contributed by atoms with Gasteiger partial charge in [0, 0.05) is 31.5 Å². The predicted octanol–water partition coefficient (Wildman–Crippen LogP) is 2.77. The van der Waals surface area contributed by atoms with Crippen LogP contribution in [0.5, 0.6) is 5.88 Å². The van der Waals surface area contributed by atoms with Gasteiger partial charge in [-0.2, -0.15) is 0 Å². The topological polar surface area (TPSA) is 43.4 Å². The Kier molecular flexibility index (Phi) is 6.39. The lowest BCUT2D eigenvalue weighted by Crippen LogP contribution is -2.22. The van der Waals surface area contributed by atoms with Crippen LogP contribution in [0.4, 0.5) is 4.39 Å². The van der Waals surface area contributed by atoms with E-state index in [2.05, 4.69) is 24.1 Å². The molecule has 0 amide bonds. The molecule has 0 aliphatic carbocycles. The van der Waals surface area contributed by atoms with Crippen molar-refractivity contribution in [3.63, 3.8) is 0 Å². The molecule has 5 heteroatoms. The summed E-state index contributed by atoms with van der Waals surface area (Å²) in [6.07, 6.45) is 3.54. The Bertz CT molecular complexity index is 434. The number of hydrogen-bond acceptors (Lipinski definition) is 4. The number of nitrogens with one attached hydrogen (secondary N) is 1. The second kappa shape index (κ2) is 8.29. The van der Waals surface area contributed by atoms with Crippen molar-refractivity contribution in [2.75, 3.05) is 26.4 Å². The predicted molar refractivity (Wildman–Crippen MR) is 79.8 cm³/mol. The Hall–Kier alpha value is -1.20. The molecule has 1 aliphatic heterocycles. The molecule has 2 heterocycles. The van der Waals surface area contributed by atoms with E-state index >= 15 is 0 Å². The van der Waals surface area contributed by atoms with Crippen LogP contribution < -0.4 is 10.1 Å². The smallest absolute Gasteiger partial charge is 0.250 e. The molecule has 2 rings (SSSR count). The zero-order valence-corrected chi connectivity index (χ0v) is 12.9. The highest BCUT2D eigenvalue weighted by atomic mass is 19.1.